The van der Waals surface area contributed by atoms with Crippen LogP contribution in [0.3, 0.4) is 0 Å². The molecule has 5 nitrogen and oxygen atoms in total. The molecule has 2 atom stereocenters. The van der Waals surface area contributed by atoms with Gasteiger partial charge in [-0.3, -0.25) is 10.1 Å². The maximum Gasteiger partial charge on any atom is 0.326 e. The second-order valence-corrected chi connectivity index (χ2v) is 5.58. The Bertz CT molecular complexity index is 271. The first kappa shape index (κ1) is 19.4. The lowest BCUT2D eigenvalue weighted by atomic mass is 9.93. The normalized spacial score (nSPS) is 15.9. The second kappa shape index (κ2) is 10.1. The van der Waals surface area contributed by atoms with Gasteiger partial charge in [-0.15, -0.1) is 0 Å². The van der Waals surface area contributed by atoms with Gasteiger partial charge in [-0.25, -0.2) is 0 Å². The number of methoxy groups -OCH3 is 1. The van der Waals surface area contributed by atoms with Crippen molar-refractivity contribution in [3.63, 3.8) is 0 Å². The molecule has 0 aliphatic carbocycles. The minimum Gasteiger partial charge on any atom is -0.465 e. The van der Waals surface area contributed by atoms with E-state index in [4.69, 9.17) is 14.2 Å². The average Bonchev–Trinajstić information content (AvgIpc) is 2.33. The van der Waals surface area contributed by atoms with Gasteiger partial charge in [0.15, 0.2) is 0 Å². The zero-order chi connectivity index (χ0) is 15.6. The molecule has 1 N–H and O–H groups in total. The van der Waals surface area contributed by atoms with Crippen LogP contribution in [-0.2, 0) is 19.0 Å². The smallest absolute Gasteiger partial charge is 0.326 e. The summed E-state index contributed by atoms with van der Waals surface area (Å²) in [6, 6.07) is 0.199. The van der Waals surface area contributed by atoms with Crippen LogP contribution in [-0.4, -0.2) is 50.6 Å². The van der Waals surface area contributed by atoms with Crippen LogP contribution in [0, 0.1) is 0 Å². The zero-order valence-corrected chi connectivity index (χ0v) is 13.8. The lowest BCUT2D eigenvalue weighted by Crippen LogP contribution is -2.54. The molecule has 0 aromatic heterocycles. The molecule has 20 heavy (non-hydrogen) atoms. The molecule has 0 heterocycles. The fourth-order valence-corrected chi connectivity index (χ4v) is 2.25. The maximum atomic E-state index is 12.2. The Morgan fingerprint density at radius 2 is 1.90 bits per heavy atom. The molecule has 0 rings (SSSR count). The molecular formula is C15H31NO4. The summed E-state index contributed by atoms with van der Waals surface area (Å²) in [6.45, 7) is 11.4. The van der Waals surface area contributed by atoms with Crippen molar-refractivity contribution in [1.29, 1.82) is 0 Å². The van der Waals surface area contributed by atoms with Gasteiger partial charge in [-0.05, 0) is 41.0 Å². The first-order chi connectivity index (χ1) is 9.35. The fraction of sp³-hybridized carbons (Fsp3) is 0.933. The summed E-state index contributed by atoms with van der Waals surface area (Å²) >= 11 is 0. The van der Waals surface area contributed by atoms with Gasteiger partial charge in [0, 0.05) is 32.8 Å². The van der Waals surface area contributed by atoms with Crippen LogP contribution in [0.5, 0.6) is 0 Å². The monoisotopic (exact) mass is 289 g/mol. The molecule has 0 aliphatic rings. The Hall–Kier alpha value is -0.650. The van der Waals surface area contributed by atoms with Crippen molar-refractivity contribution in [3.8, 4) is 0 Å². The summed E-state index contributed by atoms with van der Waals surface area (Å²) in [4.78, 5) is 12.2. The minimum absolute atomic E-state index is 0.0208. The number of esters is 1. The number of carbonyl (C=O) groups excluding carboxylic acids is 1. The quantitative estimate of drug-likeness (QED) is 0.466. The van der Waals surface area contributed by atoms with E-state index < -0.39 is 5.54 Å². The molecule has 0 bridgehead atoms. The van der Waals surface area contributed by atoms with Gasteiger partial charge < -0.3 is 14.2 Å². The lowest BCUT2D eigenvalue weighted by Gasteiger charge is -2.32. The Morgan fingerprint density at radius 3 is 2.40 bits per heavy atom. The van der Waals surface area contributed by atoms with E-state index in [1.165, 1.54) is 0 Å². The van der Waals surface area contributed by atoms with Gasteiger partial charge in [-0.1, -0.05) is 0 Å². The third kappa shape index (κ3) is 7.82. The van der Waals surface area contributed by atoms with Crippen LogP contribution >= 0.6 is 0 Å². The molecule has 2 unspecified atom stereocenters. The van der Waals surface area contributed by atoms with Gasteiger partial charge in [0.1, 0.15) is 5.54 Å². The van der Waals surface area contributed by atoms with Crippen LogP contribution in [0.1, 0.15) is 47.5 Å². The predicted molar refractivity (Wildman–Crippen MR) is 79.8 cm³/mol. The molecule has 0 aromatic carbocycles. The van der Waals surface area contributed by atoms with Crippen LogP contribution in [0.2, 0.25) is 0 Å². The van der Waals surface area contributed by atoms with E-state index in [1.807, 2.05) is 34.6 Å². The highest BCUT2D eigenvalue weighted by atomic mass is 16.5. The summed E-state index contributed by atoms with van der Waals surface area (Å²) < 4.78 is 15.9. The maximum absolute atomic E-state index is 12.2. The molecule has 0 amide bonds. The van der Waals surface area contributed by atoms with Crippen molar-refractivity contribution >= 4 is 5.97 Å². The molecule has 0 aliphatic heterocycles. The summed E-state index contributed by atoms with van der Waals surface area (Å²) in [5.41, 5.74) is -0.717. The highest BCUT2D eigenvalue weighted by molar-refractivity contribution is 5.80. The highest BCUT2D eigenvalue weighted by Gasteiger charge is 2.36. The summed E-state index contributed by atoms with van der Waals surface area (Å²) in [5.74, 6) is -0.221. The molecule has 0 saturated heterocycles. The predicted octanol–water partition coefficient (Wildman–Crippen LogP) is 2.14. The number of hydrogen-bond acceptors (Lipinski definition) is 5. The largest absolute Gasteiger partial charge is 0.465 e. The number of carbonyl (C=O) groups is 1. The Labute approximate surface area is 123 Å². The van der Waals surface area contributed by atoms with Gasteiger partial charge in [0.05, 0.1) is 12.7 Å². The van der Waals surface area contributed by atoms with E-state index in [9.17, 15) is 4.79 Å². The zero-order valence-electron chi connectivity index (χ0n) is 13.8. The molecule has 120 valence electrons. The molecule has 0 aromatic rings. The van der Waals surface area contributed by atoms with Crippen LogP contribution in [0.25, 0.3) is 0 Å². The standard InChI is InChI=1S/C15H31NO4/c1-7-19-14(17)15(5,16-12(2)3)11-13(4)20-10-8-9-18-6/h12-13,16H,7-11H2,1-6H3. The number of rotatable bonds is 11. The van der Waals surface area contributed by atoms with E-state index in [0.717, 1.165) is 6.42 Å². The molecular weight excluding hydrogens is 258 g/mol. The molecule has 0 saturated carbocycles. The fourth-order valence-electron chi connectivity index (χ4n) is 2.25. The Kier molecular flexibility index (Phi) is 9.80. The third-order valence-corrected chi connectivity index (χ3v) is 2.92. The molecule has 0 radical (unpaired) electrons. The van der Waals surface area contributed by atoms with Crippen LogP contribution < -0.4 is 5.32 Å². The van der Waals surface area contributed by atoms with Crippen molar-refractivity contribution in [3.05, 3.63) is 0 Å². The van der Waals surface area contributed by atoms with Crippen molar-refractivity contribution < 1.29 is 19.0 Å². The number of nitrogens with one attached hydrogen (secondary N) is 1. The third-order valence-electron chi connectivity index (χ3n) is 2.92. The topological polar surface area (TPSA) is 56.8 Å². The molecule has 0 fully saturated rings. The molecule has 5 heteroatoms. The first-order valence-electron chi connectivity index (χ1n) is 7.41. The SMILES string of the molecule is CCOC(=O)C(C)(CC(C)OCCCOC)NC(C)C. The van der Waals surface area contributed by atoms with E-state index in [0.29, 0.717) is 26.2 Å². The van der Waals surface area contributed by atoms with Crippen molar-refractivity contribution in [2.45, 2.75) is 65.1 Å². The van der Waals surface area contributed by atoms with Crippen molar-refractivity contribution in [2.75, 3.05) is 26.9 Å². The van der Waals surface area contributed by atoms with Gasteiger partial charge in [-0.2, -0.15) is 0 Å². The van der Waals surface area contributed by atoms with Crippen LogP contribution in [0.4, 0.5) is 0 Å². The van der Waals surface area contributed by atoms with E-state index in [2.05, 4.69) is 5.32 Å². The van der Waals surface area contributed by atoms with Crippen LogP contribution in [0.15, 0.2) is 0 Å². The van der Waals surface area contributed by atoms with E-state index in [1.54, 1.807) is 7.11 Å². The summed E-state index contributed by atoms with van der Waals surface area (Å²) in [6.07, 6.45) is 1.42. The number of hydrogen-bond donors (Lipinski definition) is 1. The number of ether oxygens (including phenoxy) is 3. The average molecular weight is 289 g/mol. The highest BCUT2D eigenvalue weighted by Crippen LogP contribution is 2.18. The van der Waals surface area contributed by atoms with Crippen molar-refractivity contribution in [1.82, 2.24) is 5.32 Å². The van der Waals surface area contributed by atoms with Gasteiger partial charge in [0.2, 0.25) is 0 Å². The molecule has 0 spiro atoms. The van der Waals surface area contributed by atoms with E-state index >= 15 is 0 Å². The second-order valence-electron chi connectivity index (χ2n) is 5.58. The first-order valence-corrected chi connectivity index (χ1v) is 7.41. The lowest BCUT2D eigenvalue weighted by molar-refractivity contribution is -0.152. The van der Waals surface area contributed by atoms with Gasteiger partial charge in [0.25, 0.3) is 0 Å². The Morgan fingerprint density at radius 1 is 1.25 bits per heavy atom. The van der Waals surface area contributed by atoms with Gasteiger partial charge >= 0.3 is 5.97 Å². The summed E-state index contributed by atoms with van der Waals surface area (Å²) in [7, 11) is 1.67. The Balaban J connectivity index is 4.44. The summed E-state index contributed by atoms with van der Waals surface area (Å²) in [5, 5.41) is 3.29. The van der Waals surface area contributed by atoms with Crippen molar-refractivity contribution in [2.24, 2.45) is 0 Å². The van der Waals surface area contributed by atoms with E-state index in [-0.39, 0.29) is 18.1 Å². The minimum atomic E-state index is -0.717.